The molecule has 0 bridgehead atoms. The van der Waals surface area contributed by atoms with E-state index in [4.69, 9.17) is 0 Å². The maximum absolute atomic E-state index is 3.76. The smallest absolute Gasteiger partial charge is 0.0256 e. The molecule has 0 saturated carbocycles. The van der Waals surface area contributed by atoms with Gasteiger partial charge < -0.3 is 0 Å². The molecule has 0 aliphatic rings. The second-order valence-electron chi connectivity index (χ2n) is 3.07. The third kappa shape index (κ3) is 5.65. The van der Waals surface area contributed by atoms with Crippen LogP contribution in [0.15, 0.2) is 36.5 Å². The Labute approximate surface area is 70.3 Å². The average molecular weight is 150 g/mol. The van der Waals surface area contributed by atoms with E-state index in [1.165, 1.54) is 5.57 Å². The molecule has 0 atom stereocenters. The van der Waals surface area contributed by atoms with Crippen molar-refractivity contribution in [2.24, 2.45) is 5.92 Å². The minimum atomic E-state index is 0.713. The second-order valence-corrected chi connectivity index (χ2v) is 3.07. The minimum Gasteiger partial charge on any atom is -0.0988 e. The van der Waals surface area contributed by atoms with Crippen molar-refractivity contribution < 1.29 is 0 Å². The molecule has 0 spiro atoms. The van der Waals surface area contributed by atoms with Crippen molar-refractivity contribution in [3.63, 3.8) is 0 Å². The molecule has 0 aromatic heterocycles. The Morgan fingerprint density at radius 1 is 1.45 bits per heavy atom. The van der Waals surface area contributed by atoms with Crippen LogP contribution in [0.3, 0.4) is 0 Å². The van der Waals surface area contributed by atoms with E-state index in [1.54, 1.807) is 0 Å². The van der Waals surface area contributed by atoms with E-state index in [0.29, 0.717) is 5.92 Å². The lowest BCUT2D eigenvalue weighted by molar-refractivity contribution is 0.650. The quantitative estimate of drug-likeness (QED) is 0.536. The van der Waals surface area contributed by atoms with Gasteiger partial charge in [-0.05, 0) is 24.8 Å². The Morgan fingerprint density at radius 2 is 2.09 bits per heavy atom. The van der Waals surface area contributed by atoms with Gasteiger partial charge in [0.05, 0.1) is 0 Å². The van der Waals surface area contributed by atoms with Gasteiger partial charge in [-0.15, -0.1) is 0 Å². The monoisotopic (exact) mass is 150 g/mol. The summed E-state index contributed by atoms with van der Waals surface area (Å²) in [7, 11) is 0. The molecule has 0 aromatic carbocycles. The van der Waals surface area contributed by atoms with Crippen molar-refractivity contribution >= 4 is 0 Å². The zero-order chi connectivity index (χ0) is 8.69. The van der Waals surface area contributed by atoms with Crippen molar-refractivity contribution in [2.75, 3.05) is 0 Å². The van der Waals surface area contributed by atoms with E-state index in [9.17, 15) is 0 Å². The highest BCUT2D eigenvalue weighted by molar-refractivity contribution is 5.21. The number of hydrogen-bond donors (Lipinski definition) is 0. The Balaban J connectivity index is 4.04. The first-order valence-corrected chi connectivity index (χ1v) is 4.15. The lowest BCUT2D eigenvalue weighted by atomic mass is 10.0. The van der Waals surface area contributed by atoms with Gasteiger partial charge in [-0.2, -0.15) is 0 Å². The first kappa shape index (κ1) is 10.2. The van der Waals surface area contributed by atoms with Gasteiger partial charge >= 0.3 is 0 Å². The molecule has 62 valence electrons. The number of rotatable bonds is 4. The molecule has 0 aromatic rings. The van der Waals surface area contributed by atoms with Crippen molar-refractivity contribution in [1.82, 2.24) is 0 Å². The topological polar surface area (TPSA) is 0 Å². The summed E-state index contributed by atoms with van der Waals surface area (Å²) in [5, 5.41) is 0. The standard InChI is InChI=1S/C11H18/c1-5-7-8-11(6-2)9-10(3)4/h5-8,10H,2,9H2,1,3-4H3/b7-5-,11-8+. The van der Waals surface area contributed by atoms with Crippen LogP contribution < -0.4 is 0 Å². The largest absolute Gasteiger partial charge is 0.0988 e. The summed E-state index contributed by atoms with van der Waals surface area (Å²) in [6.45, 7) is 10.2. The molecule has 0 nitrogen and oxygen atoms in total. The first-order chi connectivity index (χ1) is 5.20. The van der Waals surface area contributed by atoms with Gasteiger partial charge in [0.2, 0.25) is 0 Å². The Hall–Kier alpha value is -0.780. The minimum absolute atomic E-state index is 0.713. The molecule has 0 heterocycles. The molecule has 0 saturated heterocycles. The van der Waals surface area contributed by atoms with Crippen LogP contribution in [0.2, 0.25) is 0 Å². The fraction of sp³-hybridized carbons (Fsp3) is 0.455. The SMILES string of the molecule is C=C/C(=C\C=C/C)CC(C)C. The van der Waals surface area contributed by atoms with Gasteiger partial charge in [0.1, 0.15) is 0 Å². The highest BCUT2D eigenvalue weighted by Crippen LogP contribution is 2.11. The van der Waals surface area contributed by atoms with Gasteiger partial charge in [0.15, 0.2) is 0 Å². The molecule has 0 rings (SSSR count). The van der Waals surface area contributed by atoms with Crippen LogP contribution in [-0.4, -0.2) is 0 Å². The Kier molecular flexibility index (Phi) is 5.54. The summed E-state index contributed by atoms with van der Waals surface area (Å²) in [6.07, 6.45) is 9.25. The van der Waals surface area contributed by atoms with Crippen LogP contribution in [0.1, 0.15) is 27.2 Å². The Morgan fingerprint density at radius 3 is 2.45 bits per heavy atom. The number of allylic oxidation sites excluding steroid dienone is 5. The van der Waals surface area contributed by atoms with E-state index in [2.05, 4.69) is 32.6 Å². The fourth-order valence-electron chi connectivity index (χ4n) is 0.911. The highest BCUT2D eigenvalue weighted by atomic mass is 14.0. The molecule has 0 aliphatic heterocycles. The number of hydrogen-bond acceptors (Lipinski definition) is 0. The van der Waals surface area contributed by atoms with E-state index < -0.39 is 0 Å². The molecule has 11 heavy (non-hydrogen) atoms. The lowest BCUT2D eigenvalue weighted by Gasteiger charge is -2.03. The third-order valence-electron chi connectivity index (χ3n) is 1.41. The molecular formula is C11H18. The predicted molar refractivity (Wildman–Crippen MR) is 52.5 cm³/mol. The summed E-state index contributed by atoms with van der Waals surface area (Å²) >= 11 is 0. The van der Waals surface area contributed by atoms with E-state index >= 15 is 0 Å². The molecule has 0 radical (unpaired) electrons. The van der Waals surface area contributed by atoms with E-state index in [0.717, 1.165) is 6.42 Å². The summed E-state index contributed by atoms with van der Waals surface area (Å²) in [4.78, 5) is 0. The maximum atomic E-state index is 3.76. The normalized spacial score (nSPS) is 12.9. The van der Waals surface area contributed by atoms with Gasteiger partial charge in [0, 0.05) is 0 Å². The van der Waals surface area contributed by atoms with Gasteiger partial charge in [-0.1, -0.05) is 44.7 Å². The van der Waals surface area contributed by atoms with Crippen LogP contribution in [0.5, 0.6) is 0 Å². The van der Waals surface area contributed by atoms with Crippen LogP contribution in [0.4, 0.5) is 0 Å². The molecule has 0 N–H and O–H groups in total. The Bertz CT molecular complexity index is 159. The molecular weight excluding hydrogens is 132 g/mol. The van der Waals surface area contributed by atoms with Crippen LogP contribution in [0.25, 0.3) is 0 Å². The summed E-state index contributed by atoms with van der Waals surface area (Å²) < 4.78 is 0. The van der Waals surface area contributed by atoms with Crippen LogP contribution in [-0.2, 0) is 0 Å². The zero-order valence-corrected chi connectivity index (χ0v) is 7.80. The van der Waals surface area contributed by atoms with Crippen molar-refractivity contribution in [2.45, 2.75) is 27.2 Å². The average Bonchev–Trinajstić information content (AvgIpc) is 1.97. The van der Waals surface area contributed by atoms with Gasteiger partial charge in [-0.25, -0.2) is 0 Å². The van der Waals surface area contributed by atoms with E-state index in [-0.39, 0.29) is 0 Å². The molecule has 0 heteroatoms. The lowest BCUT2D eigenvalue weighted by Crippen LogP contribution is -1.87. The van der Waals surface area contributed by atoms with E-state index in [1.807, 2.05) is 19.1 Å². The molecule has 0 amide bonds. The summed E-state index contributed by atoms with van der Waals surface area (Å²) in [5.74, 6) is 0.713. The molecule has 0 unspecified atom stereocenters. The van der Waals surface area contributed by atoms with Crippen molar-refractivity contribution in [3.05, 3.63) is 36.5 Å². The summed E-state index contributed by atoms with van der Waals surface area (Å²) in [5.41, 5.74) is 1.32. The first-order valence-electron chi connectivity index (χ1n) is 4.15. The third-order valence-corrected chi connectivity index (χ3v) is 1.41. The maximum Gasteiger partial charge on any atom is -0.0256 e. The highest BCUT2D eigenvalue weighted by Gasteiger charge is 1.94. The van der Waals surface area contributed by atoms with Crippen molar-refractivity contribution in [3.8, 4) is 0 Å². The second kappa shape index (κ2) is 5.96. The summed E-state index contributed by atoms with van der Waals surface area (Å²) in [6, 6.07) is 0. The molecule has 0 fully saturated rings. The molecule has 0 aliphatic carbocycles. The van der Waals surface area contributed by atoms with Gasteiger partial charge in [0.25, 0.3) is 0 Å². The van der Waals surface area contributed by atoms with Crippen molar-refractivity contribution in [1.29, 1.82) is 0 Å². The predicted octanol–water partition coefficient (Wildman–Crippen LogP) is 3.72. The van der Waals surface area contributed by atoms with Crippen LogP contribution in [0, 0.1) is 5.92 Å². The van der Waals surface area contributed by atoms with Crippen LogP contribution >= 0.6 is 0 Å². The zero-order valence-electron chi connectivity index (χ0n) is 7.80. The van der Waals surface area contributed by atoms with Gasteiger partial charge in [-0.3, -0.25) is 0 Å². The fourth-order valence-corrected chi connectivity index (χ4v) is 0.911.